The van der Waals surface area contributed by atoms with Gasteiger partial charge in [-0.25, -0.2) is 4.39 Å². The number of alkyl halides is 3. The van der Waals surface area contributed by atoms with Crippen LogP contribution in [0.15, 0.2) is 18.2 Å². The van der Waals surface area contributed by atoms with E-state index in [4.69, 9.17) is 9.84 Å². The predicted octanol–water partition coefficient (Wildman–Crippen LogP) is 2.08. The first kappa shape index (κ1) is 15.3. The third-order valence-corrected chi connectivity index (χ3v) is 1.86. The first-order chi connectivity index (χ1) is 8.92. The summed E-state index contributed by atoms with van der Waals surface area (Å²) in [5, 5.41) is 8.46. The van der Waals surface area contributed by atoms with Gasteiger partial charge in [0.15, 0.2) is 0 Å². The molecule has 1 rings (SSSR count). The molecule has 1 N–H and O–H groups in total. The van der Waals surface area contributed by atoms with Gasteiger partial charge in [-0.1, -0.05) is 11.8 Å². The molecule has 0 heterocycles. The maximum atomic E-state index is 13.4. The molecule has 0 aromatic heterocycles. The minimum Gasteiger partial charge on any atom is -0.491 e. The van der Waals surface area contributed by atoms with Gasteiger partial charge in [-0.2, -0.15) is 0 Å². The highest BCUT2D eigenvalue weighted by Gasteiger charge is 2.28. The van der Waals surface area contributed by atoms with Gasteiger partial charge in [-0.05, 0) is 12.1 Å². The Hall–Kier alpha value is -1.78. The van der Waals surface area contributed by atoms with Gasteiger partial charge in [-0.3, -0.25) is 4.74 Å². The summed E-state index contributed by atoms with van der Waals surface area (Å²) in [6, 6.07) is 3.66. The van der Waals surface area contributed by atoms with Crippen LogP contribution >= 0.6 is 0 Å². The van der Waals surface area contributed by atoms with Crippen molar-refractivity contribution in [2.45, 2.75) is 6.36 Å². The Morgan fingerprint density at radius 2 is 1.95 bits per heavy atom. The van der Waals surface area contributed by atoms with Crippen molar-refractivity contribution in [3.8, 4) is 17.6 Å². The molecule has 104 valence electrons. The van der Waals surface area contributed by atoms with Crippen LogP contribution in [-0.4, -0.2) is 31.3 Å². The predicted molar refractivity (Wildman–Crippen MR) is 57.9 cm³/mol. The highest BCUT2D eigenvalue weighted by molar-refractivity contribution is 5.39. The Labute approximate surface area is 106 Å². The average Bonchev–Trinajstić information content (AvgIpc) is 2.32. The summed E-state index contributed by atoms with van der Waals surface area (Å²) in [5.41, 5.74) is 0.0629. The molecule has 7 heteroatoms. The zero-order valence-corrected chi connectivity index (χ0v) is 9.63. The Morgan fingerprint density at radius 3 is 2.53 bits per heavy atom. The van der Waals surface area contributed by atoms with Gasteiger partial charge < -0.3 is 9.84 Å². The minimum absolute atomic E-state index is 0.0629. The summed E-state index contributed by atoms with van der Waals surface area (Å²) < 4.78 is 56.7. The van der Waals surface area contributed by atoms with Crippen LogP contribution in [0.4, 0.5) is 17.6 Å². The Bertz CT molecular complexity index is 474. The van der Waals surface area contributed by atoms with Gasteiger partial charge >= 0.3 is 6.36 Å². The Balaban J connectivity index is 2.50. The number of ether oxygens (including phenoxy) is 2. The van der Waals surface area contributed by atoms with Gasteiger partial charge in [0.05, 0.1) is 12.2 Å². The second-order valence-corrected chi connectivity index (χ2v) is 3.24. The van der Waals surface area contributed by atoms with Crippen molar-refractivity contribution in [3.05, 3.63) is 29.6 Å². The fourth-order valence-electron chi connectivity index (χ4n) is 1.14. The topological polar surface area (TPSA) is 38.7 Å². The van der Waals surface area contributed by atoms with Gasteiger partial charge in [0, 0.05) is 6.07 Å². The number of hydrogen-bond donors (Lipinski definition) is 1. The molecule has 1 aromatic rings. The lowest BCUT2D eigenvalue weighted by Gasteiger charge is -2.09. The third-order valence-electron chi connectivity index (χ3n) is 1.86. The molecule has 0 spiro atoms. The Morgan fingerprint density at radius 1 is 1.21 bits per heavy atom. The van der Waals surface area contributed by atoms with Crippen molar-refractivity contribution in [1.82, 2.24) is 0 Å². The monoisotopic (exact) mass is 278 g/mol. The van der Waals surface area contributed by atoms with E-state index >= 15 is 0 Å². The van der Waals surface area contributed by atoms with Crippen molar-refractivity contribution in [1.29, 1.82) is 0 Å². The largest absolute Gasteiger partial charge is 0.522 e. The van der Waals surface area contributed by atoms with Crippen LogP contribution in [0.1, 0.15) is 5.56 Å². The molecule has 0 aliphatic carbocycles. The molecule has 0 amide bonds. The molecule has 0 aliphatic heterocycles. The van der Waals surface area contributed by atoms with E-state index in [2.05, 4.69) is 16.6 Å². The van der Waals surface area contributed by atoms with Crippen molar-refractivity contribution >= 4 is 0 Å². The molecule has 0 fully saturated rings. The normalized spacial score (nSPS) is 10.8. The highest BCUT2D eigenvalue weighted by Crippen LogP contribution is 2.18. The van der Waals surface area contributed by atoms with E-state index in [0.717, 1.165) is 6.07 Å². The summed E-state index contributed by atoms with van der Waals surface area (Å²) in [5.74, 6) is 4.03. The standard InChI is InChI=1S/C12H10F4O3/c13-11-8-10(4-3-9(11)2-1-5-17)18-6-7-19-12(14,15)16/h3-4,8,17H,5-7H2. The first-order valence-electron chi connectivity index (χ1n) is 5.15. The third kappa shape index (κ3) is 6.08. The molecule has 0 bridgehead atoms. The van der Waals surface area contributed by atoms with E-state index in [1.807, 2.05) is 0 Å². The van der Waals surface area contributed by atoms with E-state index in [1.165, 1.54) is 12.1 Å². The van der Waals surface area contributed by atoms with Crippen molar-refractivity contribution < 1.29 is 32.1 Å². The van der Waals surface area contributed by atoms with Crippen LogP contribution in [0.2, 0.25) is 0 Å². The van der Waals surface area contributed by atoms with Crippen LogP contribution in [0.3, 0.4) is 0 Å². The lowest BCUT2D eigenvalue weighted by Crippen LogP contribution is -2.18. The van der Waals surface area contributed by atoms with E-state index in [1.54, 1.807) is 0 Å². The SMILES string of the molecule is OCC#Cc1ccc(OCCOC(F)(F)F)cc1F. The Kier molecular flexibility index (Phi) is 5.60. The molecule has 19 heavy (non-hydrogen) atoms. The van der Waals surface area contributed by atoms with Gasteiger partial charge in [0.25, 0.3) is 0 Å². The smallest absolute Gasteiger partial charge is 0.491 e. The minimum atomic E-state index is -4.71. The van der Waals surface area contributed by atoms with E-state index in [9.17, 15) is 17.6 Å². The quantitative estimate of drug-likeness (QED) is 0.520. The summed E-state index contributed by atoms with van der Waals surface area (Å²) in [6.45, 7) is -1.44. The zero-order chi connectivity index (χ0) is 14.3. The number of rotatable bonds is 4. The van der Waals surface area contributed by atoms with Crippen LogP contribution in [0.25, 0.3) is 0 Å². The fourth-order valence-corrected chi connectivity index (χ4v) is 1.14. The van der Waals surface area contributed by atoms with Crippen LogP contribution in [0, 0.1) is 17.7 Å². The van der Waals surface area contributed by atoms with E-state index in [0.29, 0.717) is 0 Å². The lowest BCUT2D eigenvalue weighted by molar-refractivity contribution is -0.325. The molecule has 0 saturated heterocycles. The molecule has 0 aliphatic rings. The van der Waals surface area contributed by atoms with Crippen molar-refractivity contribution in [2.75, 3.05) is 19.8 Å². The van der Waals surface area contributed by atoms with Crippen LogP contribution in [0.5, 0.6) is 5.75 Å². The van der Waals surface area contributed by atoms with Crippen molar-refractivity contribution in [2.24, 2.45) is 0 Å². The molecule has 3 nitrogen and oxygen atoms in total. The van der Waals surface area contributed by atoms with Crippen molar-refractivity contribution in [3.63, 3.8) is 0 Å². The number of halogens is 4. The second-order valence-electron chi connectivity index (χ2n) is 3.24. The summed E-state index contributed by atoms with van der Waals surface area (Å²) in [4.78, 5) is 0. The van der Waals surface area contributed by atoms with Crippen LogP contribution in [-0.2, 0) is 4.74 Å². The molecular formula is C12H10F4O3. The molecule has 0 radical (unpaired) electrons. The number of aliphatic hydroxyl groups is 1. The average molecular weight is 278 g/mol. The van der Waals surface area contributed by atoms with Gasteiger partial charge in [0.1, 0.15) is 24.8 Å². The van der Waals surface area contributed by atoms with Crippen LogP contribution < -0.4 is 4.74 Å². The summed E-state index contributed by atoms with van der Waals surface area (Å²) in [6.07, 6.45) is -4.71. The fraction of sp³-hybridized carbons (Fsp3) is 0.333. The zero-order valence-electron chi connectivity index (χ0n) is 9.63. The number of aliphatic hydroxyl groups excluding tert-OH is 1. The molecule has 0 atom stereocenters. The number of benzene rings is 1. The van der Waals surface area contributed by atoms with Gasteiger partial charge in [0.2, 0.25) is 0 Å². The molecular weight excluding hydrogens is 268 g/mol. The van der Waals surface area contributed by atoms with Gasteiger partial charge in [-0.15, -0.1) is 13.2 Å². The molecule has 0 saturated carbocycles. The lowest BCUT2D eigenvalue weighted by atomic mass is 10.2. The van der Waals surface area contributed by atoms with E-state index < -0.39 is 25.4 Å². The maximum absolute atomic E-state index is 13.4. The second kappa shape index (κ2) is 6.97. The maximum Gasteiger partial charge on any atom is 0.522 e. The molecule has 0 unspecified atom stereocenters. The summed E-state index contributed by atoms with van der Waals surface area (Å²) in [7, 11) is 0. The first-order valence-corrected chi connectivity index (χ1v) is 5.15. The number of hydrogen-bond acceptors (Lipinski definition) is 3. The summed E-state index contributed by atoms with van der Waals surface area (Å²) >= 11 is 0. The highest BCUT2D eigenvalue weighted by atomic mass is 19.4. The van der Waals surface area contributed by atoms with E-state index in [-0.39, 0.29) is 17.9 Å². The molecule has 1 aromatic carbocycles.